The molecule has 3 nitrogen and oxygen atoms in total. The van der Waals surface area contributed by atoms with Crippen LogP contribution in [0.15, 0.2) is 84.9 Å². The van der Waals surface area contributed by atoms with Gasteiger partial charge in [0.25, 0.3) is 0 Å². The molecular weight excluding hydrogens is 322 g/mol. The Morgan fingerprint density at radius 3 is 2.00 bits per heavy atom. The topological polar surface area (TPSA) is 49.3 Å². The highest BCUT2D eigenvalue weighted by Crippen LogP contribution is 2.32. The van der Waals surface area contributed by atoms with E-state index in [1.165, 1.54) is 0 Å². The van der Waals surface area contributed by atoms with Crippen LogP contribution in [0.2, 0.25) is 0 Å². The third-order valence-corrected chi connectivity index (χ3v) is 4.56. The molecule has 0 radical (unpaired) electrons. The third kappa shape index (κ3) is 4.38. The Bertz CT molecular complexity index is 829. The lowest BCUT2D eigenvalue weighted by molar-refractivity contribution is -0.139. The number of rotatable bonds is 7. The number of carboxylic acid groups (broad SMARTS) is 1. The molecule has 3 rings (SSSR count). The lowest BCUT2D eigenvalue weighted by atomic mass is 9.86. The van der Waals surface area contributed by atoms with Crippen LogP contribution < -0.4 is 5.32 Å². The summed E-state index contributed by atoms with van der Waals surface area (Å²) in [6.45, 7) is 2.64. The van der Waals surface area contributed by atoms with Gasteiger partial charge in [-0.2, -0.15) is 0 Å². The summed E-state index contributed by atoms with van der Waals surface area (Å²) in [6, 6.07) is 27.2. The maximum absolute atomic E-state index is 12.2. The number of hydrogen-bond donors (Lipinski definition) is 2. The number of benzene rings is 3. The highest BCUT2D eigenvalue weighted by Gasteiger charge is 2.30. The smallest absolute Gasteiger partial charge is 0.312 e. The lowest BCUT2D eigenvalue weighted by Crippen LogP contribution is -2.31. The normalized spacial score (nSPS) is 13.1. The second-order valence-electron chi connectivity index (χ2n) is 6.48. The Balaban J connectivity index is 1.95. The van der Waals surface area contributed by atoms with E-state index in [9.17, 15) is 9.90 Å². The summed E-state index contributed by atoms with van der Waals surface area (Å²) in [6.07, 6.45) is 0. The van der Waals surface area contributed by atoms with Crippen molar-refractivity contribution < 1.29 is 9.90 Å². The molecule has 0 heterocycles. The zero-order chi connectivity index (χ0) is 18.4. The first kappa shape index (κ1) is 17.9. The highest BCUT2D eigenvalue weighted by molar-refractivity contribution is 5.77. The summed E-state index contributed by atoms with van der Waals surface area (Å²) < 4.78 is 0. The van der Waals surface area contributed by atoms with Gasteiger partial charge in [0.1, 0.15) is 5.92 Å². The summed E-state index contributed by atoms with van der Waals surface area (Å²) in [5.41, 5.74) is 4.05. The number of aryl methyl sites for hydroxylation is 1. The van der Waals surface area contributed by atoms with Crippen molar-refractivity contribution in [3.8, 4) is 0 Å². The number of hydrogen-bond acceptors (Lipinski definition) is 2. The Labute approximate surface area is 154 Å². The maximum Gasteiger partial charge on any atom is 0.312 e. The molecular formula is C23H23NO2. The fourth-order valence-corrected chi connectivity index (χ4v) is 3.16. The van der Waals surface area contributed by atoms with Crippen LogP contribution in [0, 0.1) is 6.92 Å². The van der Waals surface area contributed by atoms with E-state index in [4.69, 9.17) is 0 Å². The molecule has 3 aromatic rings. The van der Waals surface area contributed by atoms with Gasteiger partial charge in [0, 0.05) is 12.6 Å². The van der Waals surface area contributed by atoms with E-state index in [1.54, 1.807) is 0 Å². The monoisotopic (exact) mass is 345 g/mol. The van der Waals surface area contributed by atoms with Gasteiger partial charge >= 0.3 is 5.97 Å². The minimum Gasteiger partial charge on any atom is -0.481 e. The average molecular weight is 345 g/mol. The summed E-state index contributed by atoms with van der Waals surface area (Å²) in [7, 11) is 0. The summed E-state index contributed by atoms with van der Waals surface area (Å²) in [4.78, 5) is 12.2. The molecule has 0 aliphatic carbocycles. The van der Waals surface area contributed by atoms with E-state index in [0.717, 1.165) is 22.3 Å². The molecule has 0 amide bonds. The molecule has 2 atom stereocenters. The molecule has 0 saturated heterocycles. The summed E-state index contributed by atoms with van der Waals surface area (Å²) in [5.74, 6) is -1.50. The second kappa shape index (κ2) is 8.45. The van der Waals surface area contributed by atoms with Crippen molar-refractivity contribution in [1.82, 2.24) is 5.32 Å². The molecule has 26 heavy (non-hydrogen) atoms. The van der Waals surface area contributed by atoms with Gasteiger partial charge in [0.15, 0.2) is 0 Å². The van der Waals surface area contributed by atoms with Crippen LogP contribution in [0.25, 0.3) is 0 Å². The summed E-state index contributed by atoms with van der Waals surface area (Å²) >= 11 is 0. The minimum absolute atomic E-state index is 0.323. The van der Waals surface area contributed by atoms with Crippen LogP contribution in [-0.4, -0.2) is 11.1 Å². The number of carbonyl (C=O) groups is 1. The molecule has 3 heteroatoms. The van der Waals surface area contributed by atoms with Crippen LogP contribution in [0.5, 0.6) is 0 Å². The van der Waals surface area contributed by atoms with Crippen molar-refractivity contribution in [1.29, 1.82) is 0 Å². The van der Waals surface area contributed by atoms with Gasteiger partial charge in [0.05, 0.1) is 0 Å². The fraction of sp³-hybridized carbons (Fsp3) is 0.174. The number of nitrogens with one attached hydrogen (secondary N) is 1. The second-order valence-corrected chi connectivity index (χ2v) is 6.48. The van der Waals surface area contributed by atoms with Crippen molar-refractivity contribution >= 4 is 5.97 Å². The van der Waals surface area contributed by atoms with Crippen LogP contribution in [-0.2, 0) is 11.3 Å². The third-order valence-electron chi connectivity index (χ3n) is 4.56. The number of aliphatic carboxylic acids is 1. The Morgan fingerprint density at radius 1 is 0.846 bits per heavy atom. The zero-order valence-corrected chi connectivity index (χ0v) is 14.8. The molecule has 0 spiro atoms. The van der Waals surface area contributed by atoms with Crippen molar-refractivity contribution in [3.63, 3.8) is 0 Å². The molecule has 2 unspecified atom stereocenters. The summed E-state index contributed by atoms with van der Waals surface area (Å²) in [5, 5.41) is 13.4. The van der Waals surface area contributed by atoms with Gasteiger partial charge < -0.3 is 10.4 Å². The molecule has 3 aromatic carbocycles. The Morgan fingerprint density at radius 2 is 1.42 bits per heavy atom. The standard InChI is InChI=1S/C23H23NO2/c1-17-12-14-20(15-13-17)22(24-16-18-8-4-2-5-9-18)21(23(25)26)19-10-6-3-7-11-19/h2-15,21-22,24H,16H2,1H3,(H,25,26). The van der Waals surface area contributed by atoms with Crippen LogP contribution >= 0.6 is 0 Å². The van der Waals surface area contributed by atoms with E-state index in [1.807, 2.05) is 91.9 Å². The first-order valence-electron chi connectivity index (χ1n) is 8.77. The van der Waals surface area contributed by atoms with Gasteiger partial charge in [-0.25, -0.2) is 0 Å². The van der Waals surface area contributed by atoms with Crippen molar-refractivity contribution in [2.75, 3.05) is 0 Å². The first-order chi connectivity index (χ1) is 12.6. The molecule has 2 N–H and O–H groups in total. The molecule has 0 aliphatic rings. The van der Waals surface area contributed by atoms with E-state index in [2.05, 4.69) is 5.32 Å². The van der Waals surface area contributed by atoms with Crippen molar-refractivity contribution in [3.05, 3.63) is 107 Å². The van der Waals surface area contributed by atoms with E-state index in [0.29, 0.717) is 6.54 Å². The van der Waals surface area contributed by atoms with Crippen LogP contribution in [0.1, 0.15) is 34.2 Å². The zero-order valence-electron chi connectivity index (χ0n) is 14.8. The van der Waals surface area contributed by atoms with Gasteiger partial charge in [-0.15, -0.1) is 0 Å². The lowest BCUT2D eigenvalue weighted by Gasteiger charge is -2.26. The highest BCUT2D eigenvalue weighted by atomic mass is 16.4. The average Bonchev–Trinajstić information content (AvgIpc) is 2.67. The minimum atomic E-state index is -0.831. The van der Waals surface area contributed by atoms with Gasteiger partial charge in [-0.1, -0.05) is 90.5 Å². The van der Waals surface area contributed by atoms with E-state index >= 15 is 0 Å². The van der Waals surface area contributed by atoms with Crippen LogP contribution in [0.4, 0.5) is 0 Å². The number of carboxylic acids is 1. The Kier molecular flexibility index (Phi) is 5.82. The van der Waals surface area contributed by atoms with E-state index < -0.39 is 11.9 Å². The quantitative estimate of drug-likeness (QED) is 0.653. The van der Waals surface area contributed by atoms with E-state index in [-0.39, 0.29) is 6.04 Å². The van der Waals surface area contributed by atoms with Crippen LogP contribution in [0.3, 0.4) is 0 Å². The largest absolute Gasteiger partial charge is 0.481 e. The van der Waals surface area contributed by atoms with Gasteiger partial charge in [-0.05, 0) is 23.6 Å². The Hall–Kier alpha value is -2.91. The van der Waals surface area contributed by atoms with Crippen molar-refractivity contribution in [2.45, 2.75) is 25.4 Å². The maximum atomic E-state index is 12.2. The molecule has 0 aromatic heterocycles. The molecule has 0 aliphatic heterocycles. The predicted molar refractivity (Wildman–Crippen MR) is 104 cm³/mol. The molecule has 0 bridgehead atoms. The SMILES string of the molecule is Cc1ccc(C(NCc2ccccc2)C(C(=O)O)c2ccccc2)cc1. The molecule has 0 saturated carbocycles. The fourth-order valence-electron chi connectivity index (χ4n) is 3.16. The van der Waals surface area contributed by atoms with Gasteiger partial charge in [-0.3, -0.25) is 4.79 Å². The predicted octanol–water partition coefficient (Wildman–Crippen LogP) is 4.69. The first-order valence-corrected chi connectivity index (χ1v) is 8.77. The van der Waals surface area contributed by atoms with Gasteiger partial charge in [0.2, 0.25) is 0 Å². The molecule has 0 fully saturated rings. The van der Waals surface area contributed by atoms with Crippen molar-refractivity contribution in [2.24, 2.45) is 0 Å². The molecule has 132 valence electrons.